The van der Waals surface area contributed by atoms with Gasteiger partial charge in [-0.05, 0) is 11.6 Å². The first kappa shape index (κ1) is 25.5. The average molecular weight is 478 g/mol. The van der Waals surface area contributed by atoms with Crippen LogP contribution in [0.3, 0.4) is 0 Å². The van der Waals surface area contributed by atoms with E-state index in [4.69, 9.17) is 27.5 Å². The second kappa shape index (κ2) is 9.79. The molecule has 0 aromatic heterocycles. The normalized spacial score (nSPS) is 40.4. The van der Waals surface area contributed by atoms with Gasteiger partial charge in [0.05, 0.1) is 24.9 Å². The fraction of sp³-hybridized carbons (Fsp3) is 1.00. The standard InChI is InChI=1S/C15H27NO12S2/c1-5-10-7(2)13(11(25-10)6-24-29(18,19)20)26-15-9(4)12(28-30(21,22)23)8(3)14(16-17)27-15/h7-15H,5-6H2,1-4H3,(H,18,19,20)(H,21,22,23). The van der Waals surface area contributed by atoms with E-state index in [0.717, 1.165) is 0 Å². The number of nitroso groups, excluding NO2 is 1. The molecule has 2 aliphatic rings. The summed E-state index contributed by atoms with van der Waals surface area (Å²) in [6.07, 6.45) is -5.09. The second-order valence-electron chi connectivity index (χ2n) is 7.50. The molecule has 2 N–H and O–H groups in total. The first-order valence-corrected chi connectivity index (χ1v) is 12.1. The van der Waals surface area contributed by atoms with Gasteiger partial charge in [0.25, 0.3) is 0 Å². The zero-order valence-electron chi connectivity index (χ0n) is 16.9. The van der Waals surface area contributed by atoms with E-state index in [-0.39, 0.29) is 12.0 Å². The molecule has 2 rings (SSSR count). The maximum atomic E-state index is 11.2. The Morgan fingerprint density at radius 1 is 0.900 bits per heavy atom. The summed E-state index contributed by atoms with van der Waals surface area (Å²) >= 11 is 0. The first-order chi connectivity index (χ1) is 13.8. The molecule has 0 spiro atoms. The number of hydrogen-bond acceptors (Lipinski definition) is 11. The van der Waals surface area contributed by atoms with E-state index in [2.05, 4.69) is 9.36 Å². The molecule has 176 valence electrons. The van der Waals surface area contributed by atoms with Crippen LogP contribution in [0.5, 0.6) is 0 Å². The van der Waals surface area contributed by atoms with Crippen LogP contribution in [-0.4, -0.2) is 69.5 Å². The van der Waals surface area contributed by atoms with Crippen molar-refractivity contribution in [2.24, 2.45) is 22.9 Å². The number of hydrogen-bond donors (Lipinski definition) is 2. The molecule has 0 amide bonds. The SMILES string of the molecule is CCC1OC(COS(=O)(=O)O)C(OC2OC(N=O)C(C)C(OS(=O)(=O)O)C2C)C1C. The molecule has 9 unspecified atom stereocenters. The second-order valence-corrected chi connectivity index (χ2v) is 9.64. The Bertz CT molecular complexity index is 802. The summed E-state index contributed by atoms with van der Waals surface area (Å²) in [5.41, 5.74) is 0. The summed E-state index contributed by atoms with van der Waals surface area (Å²) in [5, 5.41) is 2.83. The van der Waals surface area contributed by atoms with Crippen LogP contribution in [0.4, 0.5) is 0 Å². The third-order valence-electron chi connectivity index (χ3n) is 5.42. The van der Waals surface area contributed by atoms with Crippen molar-refractivity contribution in [3.63, 3.8) is 0 Å². The van der Waals surface area contributed by atoms with Crippen LogP contribution in [0.2, 0.25) is 0 Å². The molecule has 2 aliphatic heterocycles. The molecule has 15 heteroatoms. The van der Waals surface area contributed by atoms with Gasteiger partial charge in [-0.3, -0.25) is 9.11 Å². The number of ether oxygens (including phenoxy) is 3. The van der Waals surface area contributed by atoms with E-state index >= 15 is 0 Å². The van der Waals surface area contributed by atoms with Crippen molar-refractivity contribution >= 4 is 20.8 Å². The molecule has 30 heavy (non-hydrogen) atoms. The summed E-state index contributed by atoms with van der Waals surface area (Å²) in [6.45, 7) is 6.14. The molecule has 2 saturated heterocycles. The Hall–Kier alpha value is -0.780. The van der Waals surface area contributed by atoms with E-state index in [0.29, 0.717) is 6.42 Å². The Balaban J connectivity index is 2.23. The van der Waals surface area contributed by atoms with Crippen molar-refractivity contribution in [2.45, 2.75) is 71.0 Å². The molecule has 0 aliphatic carbocycles. The smallest absolute Gasteiger partial charge is 0.369 e. The maximum Gasteiger partial charge on any atom is 0.397 e. The quantitative estimate of drug-likeness (QED) is 0.354. The summed E-state index contributed by atoms with van der Waals surface area (Å²) in [4.78, 5) is 11.2. The zero-order chi connectivity index (χ0) is 22.9. The predicted octanol–water partition coefficient (Wildman–Crippen LogP) is 0.914. The van der Waals surface area contributed by atoms with Crippen LogP contribution in [0, 0.1) is 22.7 Å². The highest BCUT2D eigenvalue weighted by Gasteiger charge is 2.50. The van der Waals surface area contributed by atoms with Crippen LogP contribution in [0.15, 0.2) is 5.18 Å². The van der Waals surface area contributed by atoms with Crippen molar-refractivity contribution in [3.8, 4) is 0 Å². The Labute approximate surface area is 175 Å². The van der Waals surface area contributed by atoms with E-state index in [1.165, 1.54) is 6.92 Å². The van der Waals surface area contributed by atoms with Gasteiger partial charge in [0, 0.05) is 17.8 Å². The van der Waals surface area contributed by atoms with E-state index < -0.39 is 70.1 Å². The van der Waals surface area contributed by atoms with E-state index in [1.807, 2.05) is 6.92 Å². The van der Waals surface area contributed by atoms with Crippen LogP contribution in [0.1, 0.15) is 34.1 Å². The van der Waals surface area contributed by atoms with Crippen molar-refractivity contribution in [2.75, 3.05) is 6.61 Å². The molecule has 2 fully saturated rings. The van der Waals surface area contributed by atoms with Crippen molar-refractivity contribution in [1.82, 2.24) is 0 Å². The number of nitrogens with zero attached hydrogens (tertiary/aromatic N) is 1. The molecule has 9 atom stereocenters. The fourth-order valence-electron chi connectivity index (χ4n) is 3.87. The van der Waals surface area contributed by atoms with Crippen molar-refractivity contribution in [3.05, 3.63) is 4.91 Å². The summed E-state index contributed by atoms with van der Waals surface area (Å²) in [6, 6.07) is 0. The molecule has 0 radical (unpaired) electrons. The lowest BCUT2D eigenvalue weighted by Gasteiger charge is -2.42. The largest absolute Gasteiger partial charge is 0.397 e. The van der Waals surface area contributed by atoms with Gasteiger partial charge in [0.15, 0.2) is 12.5 Å². The van der Waals surface area contributed by atoms with Crippen LogP contribution >= 0.6 is 0 Å². The van der Waals surface area contributed by atoms with Crippen LogP contribution in [-0.2, 0) is 43.4 Å². The highest BCUT2D eigenvalue weighted by atomic mass is 32.3. The summed E-state index contributed by atoms with van der Waals surface area (Å²) in [5.74, 6) is -1.83. The lowest BCUT2D eigenvalue weighted by molar-refractivity contribution is -0.278. The average Bonchev–Trinajstić information content (AvgIpc) is 2.93. The summed E-state index contributed by atoms with van der Waals surface area (Å²) < 4.78 is 88.6. The van der Waals surface area contributed by atoms with Gasteiger partial charge in [-0.15, -0.1) is 4.91 Å². The van der Waals surface area contributed by atoms with Crippen LogP contribution < -0.4 is 0 Å². The van der Waals surface area contributed by atoms with E-state index in [9.17, 15) is 21.7 Å². The fourth-order valence-corrected chi connectivity index (χ4v) is 4.81. The lowest BCUT2D eigenvalue weighted by Crippen LogP contribution is -2.53. The van der Waals surface area contributed by atoms with Crippen molar-refractivity contribution in [1.29, 1.82) is 0 Å². The van der Waals surface area contributed by atoms with Gasteiger partial charge in [0.1, 0.15) is 6.10 Å². The Morgan fingerprint density at radius 2 is 1.53 bits per heavy atom. The third-order valence-corrected chi connectivity index (χ3v) is 6.32. The molecular formula is C15H27NO12S2. The minimum absolute atomic E-state index is 0.260. The van der Waals surface area contributed by atoms with Crippen LogP contribution in [0.25, 0.3) is 0 Å². The highest BCUT2D eigenvalue weighted by Crippen LogP contribution is 2.38. The third kappa shape index (κ3) is 6.37. The number of rotatable bonds is 9. The van der Waals surface area contributed by atoms with Gasteiger partial charge in [-0.2, -0.15) is 16.8 Å². The van der Waals surface area contributed by atoms with Gasteiger partial charge in [0.2, 0.25) is 0 Å². The van der Waals surface area contributed by atoms with Crippen molar-refractivity contribution < 1.29 is 48.5 Å². The van der Waals surface area contributed by atoms with Gasteiger partial charge in [-0.25, -0.2) is 8.37 Å². The summed E-state index contributed by atoms with van der Waals surface area (Å²) in [7, 11) is -9.53. The zero-order valence-corrected chi connectivity index (χ0v) is 18.5. The molecule has 0 saturated carbocycles. The molecule has 0 aromatic rings. The van der Waals surface area contributed by atoms with Gasteiger partial charge in [-0.1, -0.05) is 27.7 Å². The first-order valence-electron chi connectivity index (χ1n) is 9.33. The predicted molar refractivity (Wildman–Crippen MR) is 99.7 cm³/mol. The lowest BCUT2D eigenvalue weighted by atomic mass is 9.88. The van der Waals surface area contributed by atoms with E-state index in [1.54, 1.807) is 13.8 Å². The molecule has 0 aromatic carbocycles. The Kier molecular flexibility index (Phi) is 8.31. The molecule has 13 nitrogen and oxygen atoms in total. The minimum atomic E-state index is -4.83. The minimum Gasteiger partial charge on any atom is -0.369 e. The van der Waals surface area contributed by atoms with Gasteiger partial charge < -0.3 is 14.2 Å². The monoisotopic (exact) mass is 477 g/mol. The highest BCUT2D eigenvalue weighted by molar-refractivity contribution is 7.81. The van der Waals surface area contributed by atoms with Gasteiger partial charge >= 0.3 is 20.8 Å². The molecule has 0 bridgehead atoms. The Morgan fingerprint density at radius 3 is 2.03 bits per heavy atom. The topological polar surface area (TPSA) is 184 Å². The maximum absolute atomic E-state index is 11.2. The molecule has 2 heterocycles. The molecular weight excluding hydrogens is 450 g/mol.